The molecule has 0 radical (unpaired) electrons. The topological polar surface area (TPSA) is 25.0 Å². The number of hydrogen-bond acceptors (Lipinski definition) is 3. The lowest BCUT2D eigenvalue weighted by atomic mass is 9.94. The number of fused-ring (bicyclic) bond motifs is 3. The van der Waals surface area contributed by atoms with Gasteiger partial charge in [-0.3, -0.25) is 0 Å². The first kappa shape index (κ1) is 19.0. The minimum absolute atomic E-state index is 0.692. The second-order valence-corrected chi connectivity index (χ2v) is 7.82. The molecule has 0 fully saturated rings. The van der Waals surface area contributed by atoms with Crippen molar-refractivity contribution in [2.24, 2.45) is 0 Å². The first-order valence-electron chi connectivity index (χ1n) is 10.9. The van der Waals surface area contributed by atoms with Crippen LogP contribution in [0, 0.1) is 0 Å². The average Bonchev–Trinajstić information content (AvgIpc) is 3.57. The normalized spacial score (nSPS) is 12.2. The van der Waals surface area contributed by atoms with Crippen LogP contribution in [0.2, 0.25) is 0 Å². The van der Waals surface area contributed by atoms with Crippen molar-refractivity contribution in [1.82, 2.24) is 4.90 Å². The van der Waals surface area contributed by atoms with Crippen molar-refractivity contribution >= 4 is 21.5 Å². The first-order valence-corrected chi connectivity index (χ1v) is 10.9. The van der Waals surface area contributed by atoms with E-state index < -0.39 is 0 Å². The summed E-state index contributed by atoms with van der Waals surface area (Å²) in [7, 11) is 0. The molecular formula is C27H27NO2. The molecular weight excluding hydrogens is 370 g/mol. The Bertz CT molecular complexity index is 1210. The molecule has 0 N–H and O–H groups in total. The maximum atomic E-state index is 6.34. The SMILES string of the molecule is CCN(CC)CCOc1ccc2ccccc2c1Cc1c2c(cc3ccccc13)O2. The third-order valence-electron chi connectivity index (χ3n) is 6.15. The summed E-state index contributed by atoms with van der Waals surface area (Å²) in [5, 5.41) is 4.98. The Balaban J connectivity index is 1.54. The van der Waals surface area contributed by atoms with E-state index in [0.717, 1.165) is 43.3 Å². The maximum Gasteiger partial charge on any atom is 0.174 e. The lowest BCUT2D eigenvalue weighted by molar-refractivity contribution is 0.222. The molecule has 3 heteroatoms. The highest BCUT2D eigenvalue weighted by molar-refractivity contribution is 5.94. The third kappa shape index (κ3) is 3.50. The van der Waals surface area contributed by atoms with Gasteiger partial charge in [-0.15, -0.1) is 0 Å². The van der Waals surface area contributed by atoms with Crippen LogP contribution in [0.1, 0.15) is 25.0 Å². The van der Waals surface area contributed by atoms with E-state index in [-0.39, 0.29) is 0 Å². The molecule has 4 aromatic carbocycles. The Morgan fingerprint density at radius 3 is 2.27 bits per heavy atom. The van der Waals surface area contributed by atoms with Crippen LogP contribution in [0.25, 0.3) is 21.5 Å². The summed E-state index contributed by atoms with van der Waals surface area (Å²) in [4.78, 5) is 2.39. The molecule has 0 aromatic heterocycles. The lowest BCUT2D eigenvalue weighted by Crippen LogP contribution is -2.28. The van der Waals surface area contributed by atoms with Gasteiger partial charge in [0.05, 0.1) is 0 Å². The number of hydrogen-bond donors (Lipinski definition) is 0. The van der Waals surface area contributed by atoms with Crippen molar-refractivity contribution in [1.29, 1.82) is 0 Å². The van der Waals surface area contributed by atoms with Crippen molar-refractivity contribution < 1.29 is 9.47 Å². The quantitative estimate of drug-likeness (QED) is 0.283. The molecule has 5 rings (SSSR count). The van der Waals surface area contributed by atoms with E-state index in [0.29, 0.717) is 6.61 Å². The van der Waals surface area contributed by atoms with Crippen molar-refractivity contribution in [3.63, 3.8) is 0 Å². The molecule has 0 aliphatic carbocycles. The fourth-order valence-electron chi connectivity index (χ4n) is 4.36. The van der Waals surface area contributed by atoms with Gasteiger partial charge in [0.1, 0.15) is 12.4 Å². The zero-order valence-corrected chi connectivity index (χ0v) is 17.7. The van der Waals surface area contributed by atoms with Gasteiger partial charge in [0.15, 0.2) is 11.5 Å². The summed E-state index contributed by atoms with van der Waals surface area (Å²) in [5.74, 6) is 3.02. The van der Waals surface area contributed by atoms with E-state index in [1.54, 1.807) is 0 Å². The molecule has 0 saturated heterocycles. The second-order valence-electron chi connectivity index (χ2n) is 7.82. The van der Waals surface area contributed by atoms with Gasteiger partial charge >= 0.3 is 0 Å². The zero-order valence-electron chi connectivity index (χ0n) is 17.7. The molecule has 152 valence electrons. The van der Waals surface area contributed by atoms with Crippen molar-refractivity contribution in [2.45, 2.75) is 20.3 Å². The summed E-state index contributed by atoms with van der Waals surface area (Å²) in [6.07, 6.45) is 0.797. The third-order valence-corrected chi connectivity index (χ3v) is 6.15. The minimum atomic E-state index is 0.692. The minimum Gasteiger partial charge on any atom is -0.492 e. The predicted molar refractivity (Wildman–Crippen MR) is 124 cm³/mol. The van der Waals surface area contributed by atoms with Gasteiger partial charge in [-0.2, -0.15) is 0 Å². The molecule has 1 aliphatic rings. The number of rotatable bonds is 8. The highest BCUT2D eigenvalue weighted by Crippen LogP contribution is 2.52. The monoisotopic (exact) mass is 397 g/mol. The Hall–Kier alpha value is -3.04. The van der Waals surface area contributed by atoms with Gasteiger partial charge < -0.3 is 14.4 Å². The molecule has 0 unspecified atom stereocenters. The zero-order chi connectivity index (χ0) is 20.5. The summed E-state index contributed by atoms with van der Waals surface area (Å²) >= 11 is 0. The van der Waals surface area contributed by atoms with Crippen molar-refractivity contribution in [3.8, 4) is 17.2 Å². The van der Waals surface area contributed by atoms with E-state index in [2.05, 4.69) is 85.5 Å². The van der Waals surface area contributed by atoms with Crippen LogP contribution in [0.15, 0.2) is 66.7 Å². The summed E-state index contributed by atoms with van der Waals surface area (Å²) in [5.41, 5.74) is 2.50. The van der Waals surface area contributed by atoms with Gasteiger partial charge in [-0.05, 0) is 46.8 Å². The smallest absolute Gasteiger partial charge is 0.174 e. The fourth-order valence-corrected chi connectivity index (χ4v) is 4.36. The van der Waals surface area contributed by atoms with Gasteiger partial charge in [-0.1, -0.05) is 68.4 Å². The van der Waals surface area contributed by atoms with Crippen LogP contribution in [-0.4, -0.2) is 31.1 Å². The van der Waals surface area contributed by atoms with Crippen LogP contribution >= 0.6 is 0 Å². The Morgan fingerprint density at radius 1 is 0.800 bits per heavy atom. The maximum absolute atomic E-state index is 6.34. The van der Waals surface area contributed by atoms with Crippen LogP contribution in [0.3, 0.4) is 0 Å². The Kier molecular flexibility index (Phi) is 5.06. The van der Waals surface area contributed by atoms with E-state index in [1.165, 1.54) is 32.7 Å². The average molecular weight is 398 g/mol. The molecule has 1 heterocycles. The molecule has 0 atom stereocenters. The van der Waals surface area contributed by atoms with Crippen LogP contribution in [-0.2, 0) is 6.42 Å². The molecule has 0 saturated carbocycles. The molecule has 4 aromatic rings. The number of nitrogens with zero attached hydrogens (tertiary/aromatic N) is 1. The largest absolute Gasteiger partial charge is 0.492 e. The Labute approximate surface area is 177 Å². The van der Waals surface area contributed by atoms with Gasteiger partial charge in [0, 0.05) is 24.1 Å². The standard InChI is InChI=1S/C27H27NO2/c1-3-28(4-2)15-16-29-25-14-13-19-9-5-7-11-21(19)23(25)18-24-22-12-8-6-10-20(22)17-26-27(24)30-26/h5-14,17H,3-4,15-16,18H2,1-2H3. The molecule has 3 nitrogen and oxygen atoms in total. The molecule has 30 heavy (non-hydrogen) atoms. The fraction of sp³-hybridized carbons (Fsp3) is 0.259. The van der Waals surface area contributed by atoms with Crippen molar-refractivity contribution in [3.05, 3.63) is 77.9 Å². The van der Waals surface area contributed by atoms with Crippen LogP contribution < -0.4 is 9.47 Å². The van der Waals surface area contributed by atoms with Gasteiger partial charge in [-0.25, -0.2) is 0 Å². The Morgan fingerprint density at radius 2 is 1.50 bits per heavy atom. The van der Waals surface area contributed by atoms with Gasteiger partial charge in [0.25, 0.3) is 0 Å². The van der Waals surface area contributed by atoms with E-state index >= 15 is 0 Å². The number of benzene rings is 4. The first-order chi connectivity index (χ1) is 14.8. The molecule has 0 spiro atoms. The highest BCUT2D eigenvalue weighted by Gasteiger charge is 2.28. The van der Waals surface area contributed by atoms with E-state index in [4.69, 9.17) is 9.47 Å². The van der Waals surface area contributed by atoms with Crippen molar-refractivity contribution in [2.75, 3.05) is 26.2 Å². The molecule has 0 amide bonds. The number of likely N-dealkylation sites (N-methyl/N-ethyl adjacent to an activating group) is 1. The number of ether oxygens (including phenoxy) is 2. The van der Waals surface area contributed by atoms with Gasteiger partial charge in [0.2, 0.25) is 0 Å². The van der Waals surface area contributed by atoms with Crippen LogP contribution in [0.5, 0.6) is 17.2 Å². The highest BCUT2D eigenvalue weighted by atomic mass is 16.6. The van der Waals surface area contributed by atoms with E-state index in [9.17, 15) is 0 Å². The van der Waals surface area contributed by atoms with Crippen LogP contribution in [0.4, 0.5) is 0 Å². The second kappa shape index (κ2) is 8.00. The molecule has 1 aliphatic heterocycles. The summed E-state index contributed by atoms with van der Waals surface area (Å²) < 4.78 is 12.2. The summed E-state index contributed by atoms with van der Waals surface area (Å²) in [6, 6.07) is 23.5. The van der Waals surface area contributed by atoms with E-state index in [1.807, 2.05) is 0 Å². The molecule has 0 bridgehead atoms. The lowest BCUT2D eigenvalue weighted by Gasteiger charge is -2.20. The predicted octanol–water partition coefficient (Wildman–Crippen LogP) is 6.41. The summed E-state index contributed by atoms with van der Waals surface area (Å²) in [6.45, 7) is 8.11.